The van der Waals surface area contributed by atoms with Gasteiger partial charge in [-0.2, -0.15) is 0 Å². The highest BCUT2D eigenvalue weighted by molar-refractivity contribution is 5.83. The molecule has 0 saturated carbocycles. The van der Waals surface area contributed by atoms with Gasteiger partial charge in [-0.3, -0.25) is 4.79 Å². The molecule has 2 aromatic carbocycles. The van der Waals surface area contributed by atoms with E-state index in [-0.39, 0.29) is 12.5 Å². The van der Waals surface area contributed by atoms with Crippen molar-refractivity contribution in [3.05, 3.63) is 54.6 Å². The van der Waals surface area contributed by atoms with E-state index < -0.39 is 12.1 Å². The molecule has 1 amide bonds. The van der Waals surface area contributed by atoms with Gasteiger partial charge in [-0.25, -0.2) is 4.79 Å². The molecule has 1 atom stereocenters. The van der Waals surface area contributed by atoms with Crippen molar-refractivity contribution in [3.63, 3.8) is 0 Å². The molecule has 0 spiro atoms. The molecule has 0 unspecified atom stereocenters. The third-order valence-electron chi connectivity index (χ3n) is 3.56. The van der Waals surface area contributed by atoms with E-state index in [1.54, 1.807) is 12.1 Å². The van der Waals surface area contributed by atoms with Crippen LogP contribution >= 0.6 is 0 Å². The van der Waals surface area contributed by atoms with Crippen LogP contribution in [0.1, 0.15) is 6.92 Å². The van der Waals surface area contributed by atoms with E-state index >= 15 is 0 Å². The second-order valence-electron chi connectivity index (χ2n) is 5.72. The highest BCUT2D eigenvalue weighted by atomic mass is 16.6. The van der Waals surface area contributed by atoms with Gasteiger partial charge in [-0.1, -0.05) is 18.2 Å². The van der Waals surface area contributed by atoms with E-state index in [1.807, 2.05) is 42.5 Å². The molecule has 0 heterocycles. The summed E-state index contributed by atoms with van der Waals surface area (Å²) in [4.78, 5) is 23.5. The summed E-state index contributed by atoms with van der Waals surface area (Å²) in [5.74, 6) is -0.463. The number of anilines is 2. The molecular formula is C20H24N2O5. The zero-order valence-electron chi connectivity index (χ0n) is 15.4. The molecule has 0 fully saturated rings. The monoisotopic (exact) mass is 372 g/mol. The number of carbonyl (C=O) groups excluding carboxylic acids is 2. The Morgan fingerprint density at radius 3 is 2.33 bits per heavy atom. The molecule has 0 bridgehead atoms. The molecule has 7 heteroatoms. The average Bonchev–Trinajstić information content (AvgIpc) is 2.68. The number of benzene rings is 2. The fourth-order valence-corrected chi connectivity index (χ4v) is 2.17. The minimum Gasteiger partial charge on any atom is -0.482 e. The number of esters is 1. The maximum atomic E-state index is 11.8. The standard InChI is InChI=1S/C20H24N2O5/c1-15(20(24)21-12-13-25-2)27-19(23)14-26-18-10-8-17(9-11-18)22-16-6-4-3-5-7-16/h3-11,15,22H,12-14H2,1-2H3,(H,21,24)/t15-/m1/s1. The van der Waals surface area contributed by atoms with Crippen molar-refractivity contribution in [2.24, 2.45) is 0 Å². The predicted molar refractivity (Wildman–Crippen MR) is 102 cm³/mol. The number of nitrogens with one attached hydrogen (secondary N) is 2. The van der Waals surface area contributed by atoms with E-state index in [2.05, 4.69) is 10.6 Å². The van der Waals surface area contributed by atoms with Crippen LogP contribution in [0.25, 0.3) is 0 Å². The van der Waals surface area contributed by atoms with Crippen LogP contribution in [0.3, 0.4) is 0 Å². The first-order valence-corrected chi connectivity index (χ1v) is 8.59. The van der Waals surface area contributed by atoms with Gasteiger partial charge in [0.25, 0.3) is 5.91 Å². The van der Waals surface area contributed by atoms with Gasteiger partial charge < -0.3 is 24.8 Å². The van der Waals surface area contributed by atoms with Crippen molar-refractivity contribution in [1.29, 1.82) is 0 Å². The van der Waals surface area contributed by atoms with Gasteiger partial charge in [0, 0.05) is 25.0 Å². The molecule has 0 aliphatic carbocycles. The summed E-state index contributed by atoms with van der Waals surface area (Å²) < 4.78 is 15.3. The lowest BCUT2D eigenvalue weighted by atomic mass is 10.2. The lowest BCUT2D eigenvalue weighted by Crippen LogP contribution is -2.38. The summed E-state index contributed by atoms with van der Waals surface area (Å²) >= 11 is 0. The van der Waals surface area contributed by atoms with E-state index in [9.17, 15) is 9.59 Å². The molecule has 0 aromatic heterocycles. The molecule has 0 aliphatic rings. The first-order valence-electron chi connectivity index (χ1n) is 8.59. The number of methoxy groups -OCH3 is 1. The number of carbonyl (C=O) groups is 2. The Morgan fingerprint density at radius 2 is 1.67 bits per heavy atom. The second-order valence-corrected chi connectivity index (χ2v) is 5.72. The number of rotatable bonds is 10. The maximum absolute atomic E-state index is 11.8. The molecule has 0 saturated heterocycles. The summed E-state index contributed by atoms with van der Waals surface area (Å²) in [6.45, 7) is 1.98. The summed E-state index contributed by atoms with van der Waals surface area (Å²) in [6, 6.07) is 17.0. The first kappa shape index (κ1) is 20.3. The molecule has 144 valence electrons. The topological polar surface area (TPSA) is 85.9 Å². The zero-order valence-corrected chi connectivity index (χ0v) is 15.4. The van der Waals surface area contributed by atoms with Gasteiger partial charge in [0.2, 0.25) is 0 Å². The Labute approximate surface area is 158 Å². The van der Waals surface area contributed by atoms with Gasteiger partial charge in [0.15, 0.2) is 12.7 Å². The molecule has 27 heavy (non-hydrogen) atoms. The number of amides is 1. The molecule has 2 N–H and O–H groups in total. The zero-order chi connectivity index (χ0) is 19.5. The molecule has 2 aromatic rings. The summed E-state index contributed by atoms with van der Waals surface area (Å²) in [5, 5.41) is 5.85. The van der Waals surface area contributed by atoms with E-state index in [0.29, 0.717) is 18.9 Å². The molecule has 0 aliphatic heterocycles. The van der Waals surface area contributed by atoms with Crippen molar-refractivity contribution >= 4 is 23.3 Å². The summed E-state index contributed by atoms with van der Waals surface area (Å²) in [7, 11) is 1.54. The minimum atomic E-state index is -0.893. The first-order chi connectivity index (χ1) is 13.1. The normalized spacial score (nSPS) is 11.3. The van der Waals surface area contributed by atoms with Crippen molar-refractivity contribution < 1.29 is 23.8 Å². The third kappa shape index (κ3) is 7.37. The van der Waals surface area contributed by atoms with Crippen LogP contribution in [0.2, 0.25) is 0 Å². The fourth-order valence-electron chi connectivity index (χ4n) is 2.17. The van der Waals surface area contributed by atoms with Crippen LogP contribution in [0, 0.1) is 0 Å². The van der Waals surface area contributed by atoms with Gasteiger partial charge in [0.1, 0.15) is 5.75 Å². The lowest BCUT2D eigenvalue weighted by Gasteiger charge is -2.14. The highest BCUT2D eigenvalue weighted by Crippen LogP contribution is 2.19. The van der Waals surface area contributed by atoms with Crippen LogP contribution in [0.5, 0.6) is 5.75 Å². The van der Waals surface area contributed by atoms with Crippen LogP contribution in [0.15, 0.2) is 54.6 Å². The quantitative estimate of drug-likeness (QED) is 0.492. The van der Waals surface area contributed by atoms with Crippen LogP contribution in [0.4, 0.5) is 11.4 Å². The fraction of sp³-hybridized carbons (Fsp3) is 0.300. The van der Waals surface area contributed by atoms with Gasteiger partial charge in [0.05, 0.1) is 6.61 Å². The number of para-hydroxylation sites is 1. The maximum Gasteiger partial charge on any atom is 0.344 e. The Balaban J connectivity index is 1.74. The highest BCUT2D eigenvalue weighted by Gasteiger charge is 2.17. The Hall–Kier alpha value is -3.06. The lowest BCUT2D eigenvalue weighted by molar-refractivity contribution is -0.156. The predicted octanol–water partition coefficient (Wildman–Crippen LogP) is 2.50. The van der Waals surface area contributed by atoms with Crippen molar-refractivity contribution in [2.45, 2.75) is 13.0 Å². The number of hydrogen-bond acceptors (Lipinski definition) is 6. The number of hydrogen-bond donors (Lipinski definition) is 2. The molecular weight excluding hydrogens is 348 g/mol. The Kier molecular flexibility index (Phi) is 8.12. The molecule has 7 nitrogen and oxygen atoms in total. The number of ether oxygens (including phenoxy) is 3. The van der Waals surface area contributed by atoms with Gasteiger partial charge in [-0.15, -0.1) is 0 Å². The average molecular weight is 372 g/mol. The summed E-state index contributed by atoms with van der Waals surface area (Å²) in [6.07, 6.45) is -0.893. The van der Waals surface area contributed by atoms with Crippen molar-refractivity contribution in [3.8, 4) is 5.75 Å². The minimum absolute atomic E-state index is 0.277. The third-order valence-corrected chi connectivity index (χ3v) is 3.56. The smallest absolute Gasteiger partial charge is 0.344 e. The van der Waals surface area contributed by atoms with Crippen LogP contribution in [-0.4, -0.2) is 44.8 Å². The van der Waals surface area contributed by atoms with Crippen LogP contribution < -0.4 is 15.4 Å². The molecule has 2 rings (SSSR count). The van der Waals surface area contributed by atoms with Gasteiger partial charge >= 0.3 is 5.97 Å². The largest absolute Gasteiger partial charge is 0.482 e. The van der Waals surface area contributed by atoms with E-state index in [4.69, 9.17) is 14.2 Å². The van der Waals surface area contributed by atoms with Gasteiger partial charge in [-0.05, 0) is 43.3 Å². The second kappa shape index (κ2) is 10.8. The summed E-state index contributed by atoms with van der Waals surface area (Å²) in [5.41, 5.74) is 1.88. The van der Waals surface area contributed by atoms with E-state index in [1.165, 1.54) is 14.0 Å². The van der Waals surface area contributed by atoms with Crippen LogP contribution in [-0.2, 0) is 19.1 Å². The Morgan fingerprint density at radius 1 is 1.00 bits per heavy atom. The molecule has 0 radical (unpaired) electrons. The van der Waals surface area contributed by atoms with Crippen molar-refractivity contribution in [2.75, 3.05) is 32.2 Å². The van der Waals surface area contributed by atoms with E-state index in [0.717, 1.165) is 11.4 Å². The SMILES string of the molecule is COCCNC(=O)[C@@H](C)OC(=O)COc1ccc(Nc2ccccc2)cc1. The van der Waals surface area contributed by atoms with Crippen molar-refractivity contribution in [1.82, 2.24) is 5.32 Å². The Bertz CT molecular complexity index is 719.